The second kappa shape index (κ2) is 3.88. The summed E-state index contributed by atoms with van der Waals surface area (Å²) < 4.78 is 0. The van der Waals surface area contributed by atoms with Gasteiger partial charge in [-0.2, -0.15) is 0 Å². The zero-order valence-electron chi connectivity index (χ0n) is 6.84. The summed E-state index contributed by atoms with van der Waals surface area (Å²) in [5, 5.41) is 3.50. The van der Waals surface area contributed by atoms with E-state index in [-0.39, 0.29) is 0 Å². The van der Waals surface area contributed by atoms with Crippen molar-refractivity contribution in [2.45, 2.75) is 18.9 Å². The maximum atomic E-state index is 5.37. The molecule has 1 aliphatic heterocycles. The molecule has 0 aliphatic carbocycles. The van der Waals surface area contributed by atoms with E-state index in [1.807, 2.05) is 0 Å². The molecular formula is C7H15N3S. The average Bonchev–Trinajstić information content (AvgIpc) is 1.85. The van der Waals surface area contributed by atoms with Crippen LogP contribution >= 0.6 is 12.2 Å². The monoisotopic (exact) mass is 173 g/mol. The van der Waals surface area contributed by atoms with Crippen LogP contribution in [0.3, 0.4) is 0 Å². The molecule has 0 amide bonds. The minimum absolute atomic E-state index is 0.422. The maximum Gasteiger partial charge on any atom is 0.163 e. The van der Waals surface area contributed by atoms with Crippen LogP contribution in [-0.4, -0.2) is 36.2 Å². The Labute approximate surface area is 72.9 Å². The predicted octanol–water partition coefficient (Wildman–Crippen LogP) is -0.0862. The van der Waals surface area contributed by atoms with Crippen molar-refractivity contribution >= 4 is 17.3 Å². The van der Waals surface area contributed by atoms with Crippen molar-refractivity contribution in [3.63, 3.8) is 0 Å². The Morgan fingerprint density at radius 1 is 1.73 bits per heavy atom. The van der Waals surface area contributed by atoms with Crippen molar-refractivity contribution in [1.82, 2.24) is 10.2 Å². The van der Waals surface area contributed by atoms with E-state index in [1.54, 1.807) is 0 Å². The Balaban J connectivity index is 2.28. The Hall–Kier alpha value is -0.350. The van der Waals surface area contributed by atoms with Crippen LogP contribution in [0.15, 0.2) is 0 Å². The molecule has 64 valence electrons. The molecule has 1 atom stereocenters. The van der Waals surface area contributed by atoms with E-state index >= 15 is 0 Å². The number of hydrogen-bond acceptors (Lipinski definition) is 2. The normalized spacial score (nSPS) is 26.5. The number of likely N-dealkylation sites (tertiary alicyclic amines) is 1. The highest BCUT2D eigenvalue weighted by atomic mass is 32.1. The standard InChI is InChI=1S/C7H15N3S/c1-10-4-2-3-6(5-10)9-7(8)11/h6H,2-5H2,1H3,(H3,8,9,11). The lowest BCUT2D eigenvalue weighted by atomic mass is 10.1. The third kappa shape index (κ3) is 3.03. The number of nitrogens with two attached hydrogens (primary N) is 1. The maximum absolute atomic E-state index is 5.37. The van der Waals surface area contributed by atoms with Gasteiger partial charge < -0.3 is 16.0 Å². The van der Waals surface area contributed by atoms with Crippen LogP contribution < -0.4 is 11.1 Å². The van der Waals surface area contributed by atoms with E-state index in [0.717, 1.165) is 6.54 Å². The van der Waals surface area contributed by atoms with Gasteiger partial charge in [0.2, 0.25) is 0 Å². The third-order valence-electron chi connectivity index (χ3n) is 1.97. The molecule has 1 fully saturated rings. The molecule has 1 unspecified atom stereocenters. The molecule has 1 rings (SSSR count). The number of nitrogens with one attached hydrogen (secondary N) is 1. The largest absolute Gasteiger partial charge is 0.376 e. The molecule has 0 aromatic carbocycles. The fourth-order valence-corrected chi connectivity index (χ4v) is 1.65. The van der Waals surface area contributed by atoms with Crippen molar-refractivity contribution in [3.8, 4) is 0 Å². The van der Waals surface area contributed by atoms with Crippen LogP contribution in [0, 0.1) is 0 Å². The number of piperidine rings is 1. The van der Waals surface area contributed by atoms with Gasteiger partial charge >= 0.3 is 0 Å². The molecule has 0 aromatic heterocycles. The van der Waals surface area contributed by atoms with Gasteiger partial charge in [-0.3, -0.25) is 0 Å². The summed E-state index contributed by atoms with van der Waals surface area (Å²) in [6.07, 6.45) is 2.42. The van der Waals surface area contributed by atoms with E-state index in [0.29, 0.717) is 11.2 Å². The number of hydrogen-bond donors (Lipinski definition) is 2. The highest BCUT2D eigenvalue weighted by Crippen LogP contribution is 2.06. The van der Waals surface area contributed by atoms with Crippen LogP contribution in [-0.2, 0) is 0 Å². The van der Waals surface area contributed by atoms with Crippen molar-refractivity contribution in [1.29, 1.82) is 0 Å². The number of rotatable bonds is 1. The van der Waals surface area contributed by atoms with Crippen LogP contribution in [0.4, 0.5) is 0 Å². The van der Waals surface area contributed by atoms with Crippen LogP contribution in [0.1, 0.15) is 12.8 Å². The van der Waals surface area contributed by atoms with Gasteiger partial charge in [0.15, 0.2) is 5.11 Å². The smallest absolute Gasteiger partial charge is 0.163 e. The average molecular weight is 173 g/mol. The van der Waals surface area contributed by atoms with Crippen molar-refractivity contribution < 1.29 is 0 Å². The second-order valence-corrected chi connectivity index (χ2v) is 3.55. The van der Waals surface area contributed by atoms with Crippen molar-refractivity contribution in [2.24, 2.45) is 5.73 Å². The summed E-state index contributed by atoms with van der Waals surface area (Å²) in [6, 6.07) is 0.464. The Morgan fingerprint density at radius 2 is 2.45 bits per heavy atom. The van der Waals surface area contributed by atoms with Gasteiger partial charge in [0.05, 0.1) is 0 Å². The fraction of sp³-hybridized carbons (Fsp3) is 0.857. The van der Waals surface area contributed by atoms with Crippen molar-refractivity contribution in [3.05, 3.63) is 0 Å². The molecule has 4 heteroatoms. The summed E-state index contributed by atoms with van der Waals surface area (Å²) in [7, 11) is 2.12. The third-order valence-corrected chi connectivity index (χ3v) is 2.09. The summed E-state index contributed by atoms with van der Waals surface area (Å²) >= 11 is 4.76. The molecule has 1 saturated heterocycles. The van der Waals surface area contributed by atoms with Crippen LogP contribution in [0.5, 0.6) is 0 Å². The molecule has 3 nitrogen and oxygen atoms in total. The molecule has 1 aliphatic rings. The van der Waals surface area contributed by atoms with Crippen LogP contribution in [0.25, 0.3) is 0 Å². The van der Waals surface area contributed by atoms with E-state index in [4.69, 9.17) is 18.0 Å². The first kappa shape index (κ1) is 8.74. The Kier molecular flexibility index (Phi) is 3.08. The summed E-state index contributed by atoms with van der Waals surface area (Å²) in [5.74, 6) is 0. The lowest BCUT2D eigenvalue weighted by Gasteiger charge is -2.30. The molecule has 11 heavy (non-hydrogen) atoms. The van der Waals surface area contributed by atoms with Gasteiger partial charge in [0, 0.05) is 12.6 Å². The number of thiocarbonyl (C=S) groups is 1. The molecule has 0 radical (unpaired) electrons. The zero-order valence-corrected chi connectivity index (χ0v) is 7.66. The lowest BCUT2D eigenvalue weighted by molar-refractivity contribution is 0.241. The molecule has 0 aromatic rings. The lowest BCUT2D eigenvalue weighted by Crippen LogP contribution is -2.47. The molecule has 0 saturated carbocycles. The van der Waals surface area contributed by atoms with E-state index < -0.39 is 0 Å². The van der Waals surface area contributed by atoms with Gasteiger partial charge in [-0.05, 0) is 38.7 Å². The van der Waals surface area contributed by atoms with Gasteiger partial charge in [0.25, 0.3) is 0 Å². The molecule has 0 bridgehead atoms. The number of likely N-dealkylation sites (N-methyl/N-ethyl adjacent to an activating group) is 1. The van der Waals surface area contributed by atoms with Crippen molar-refractivity contribution in [2.75, 3.05) is 20.1 Å². The zero-order chi connectivity index (χ0) is 8.27. The predicted molar refractivity (Wildman–Crippen MR) is 50.4 cm³/mol. The fourth-order valence-electron chi connectivity index (χ4n) is 1.49. The van der Waals surface area contributed by atoms with Gasteiger partial charge in [0.1, 0.15) is 0 Å². The molecular weight excluding hydrogens is 158 g/mol. The summed E-state index contributed by atoms with van der Waals surface area (Å²) in [4.78, 5) is 2.29. The topological polar surface area (TPSA) is 41.3 Å². The van der Waals surface area contributed by atoms with E-state index in [9.17, 15) is 0 Å². The molecule has 1 heterocycles. The highest BCUT2D eigenvalue weighted by molar-refractivity contribution is 7.80. The van der Waals surface area contributed by atoms with Gasteiger partial charge in [-0.15, -0.1) is 0 Å². The highest BCUT2D eigenvalue weighted by Gasteiger charge is 2.16. The first-order valence-electron chi connectivity index (χ1n) is 3.93. The molecule has 3 N–H and O–H groups in total. The minimum atomic E-state index is 0.422. The summed E-state index contributed by atoms with van der Waals surface area (Å²) in [6.45, 7) is 2.24. The Morgan fingerprint density at radius 3 is 3.00 bits per heavy atom. The minimum Gasteiger partial charge on any atom is -0.376 e. The first-order valence-corrected chi connectivity index (χ1v) is 4.34. The SMILES string of the molecule is CN1CCCC(NC(N)=S)C1. The first-order chi connectivity index (χ1) is 5.18. The van der Waals surface area contributed by atoms with Gasteiger partial charge in [-0.25, -0.2) is 0 Å². The quantitative estimate of drug-likeness (QED) is 0.544. The second-order valence-electron chi connectivity index (χ2n) is 3.11. The molecule has 0 spiro atoms. The Bertz CT molecular complexity index is 149. The number of nitrogens with zero attached hydrogens (tertiary/aromatic N) is 1. The summed E-state index contributed by atoms with van der Waals surface area (Å²) in [5.41, 5.74) is 5.37. The van der Waals surface area contributed by atoms with Gasteiger partial charge in [-0.1, -0.05) is 0 Å². The van der Waals surface area contributed by atoms with E-state index in [1.165, 1.54) is 19.4 Å². The van der Waals surface area contributed by atoms with E-state index in [2.05, 4.69) is 17.3 Å². The van der Waals surface area contributed by atoms with Crippen LogP contribution in [0.2, 0.25) is 0 Å².